The minimum Gasteiger partial charge on any atom is -0.477 e. The van der Waals surface area contributed by atoms with Crippen LogP contribution in [0, 0.1) is 5.92 Å². The zero-order chi connectivity index (χ0) is 25.6. The summed E-state index contributed by atoms with van der Waals surface area (Å²) in [6.45, 7) is 3.92. The Bertz CT molecular complexity index is 668. The van der Waals surface area contributed by atoms with E-state index in [-0.39, 0.29) is 6.61 Å². The van der Waals surface area contributed by atoms with Gasteiger partial charge in [-0.1, -0.05) is 19.4 Å². The van der Waals surface area contributed by atoms with Crippen LogP contribution in [-0.4, -0.2) is 122 Å². The summed E-state index contributed by atoms with van der Waals surface area (Å²) in [5.41, 5.74) is 5.83. The molecule has 0 saturated carbocycles. The van der Waals surface area contributed by atoms with E-state index in [0.717, 1.165) is 0 Å². The molecule has 3 unspecified atom stereocenters. The third-order valence-corrected chi connectivity index (χ3v) is 6.19. The monoisotopic (exact) mass is 495 g/mol. The van der Waals surface area contributed by atoms with Gasteiger partial charge in [-0.05, 0) is 6.42 Å². The highest BCUT2D eigenvalue weighted by molar-refractivity contribution is 5.76. The van der Waals surface area contributed by atoms with Crippen LogP contribution in [0.2, 0.25) is 0 Å². The van der Waals surface area contributed by atoms with Gasteiger partial charge in [0.25, 0.3) is 5.79 Å². The highest BCUT2D eigenvalue weighted by Crippen LogP contribution is 2.39. The number of ether oxygens (including phenoxy) is 4. The van der Waals surface area contributed by atoms with Crippen molar-refractivity contribution in [3.8, 4) is 0 Å². The van der Waals surface area contributed by atoms with Gasteiger partial charge in [-0.2, -0.15) is 0 Å². The van der Waals surface area contributed by atoms with Crippen LogP contribution >= 0.6 is 0 Å². The average Bonchev–Trinajstić information content (AvgIpc) is 2.81. The molecule has 198 valence electrons. The second-order valence-electron chi connectivity index (χ2n) is 8.64. The van der Waals surface area contributed by atoms with Crippen LogP contribution < -0.4 is 5.73 Å². The lowest BCUT2D eigenvalue weighted by molar-refractivity contribution is -0.335. The Morgan fingerprint density at radius 3 is 2.53 bits per heavy atom. The van der Waals surface area contributed by atoms with Crippen LogP contribution in [0.4, 0.5) is 0 Å². The molecule has 0 aliphatic carbocycles. The van der Waals surface area contributed by atoms with E-state index in [1.807, 2.05) is 6.92 Å². The number of aliphatic hydroxyl groups excluding tert-OH is 6. The summed E-state index contributed by atoms with van der Waals surface area (Å²) < 4.78 is 22.1. The standard InChI is InChI=1S/C21H37NO12/c1-3-5-10-11(24)7-21(20(29)30,34-18(10)15(26)12(25)8-23)32-9-13-16(27)17(28)14(22)19(33-13)31-6-4-2/h4,10-19,23-28H,2-3,5-9,22H2,1H3,(H,29,30)/t10-,11-,12-,13?,14?,15-,16+,17-,18?,19+,21-/m1/s1. The van der Waals surface area contributed by atoms with Gasteiger partial charge in [0.05, 0.1) is 38.1 Å². The molecule has 11 atom stereocenters. The van der Waals surface area contributed by atoms with Crippen molar-refractivity contribution in [1.29, 1.82) is 0 Å². The van der Waals surface area contributed by atoms with E-state index in [1.54, 1.807) is 0 Å². The van der Waals surface area contributed by atoms with E-state index in [0.29, 0.717) is 12.8 Å². The summed E-state index contributed by atoms with van der Waals surface area (Å²) in [5.74, 6) is -4.85. The highest BCUT2D eigenvalue weighted by Gasteiger charge is 2.56. The molecule has 0 spiro atoms. The Morgan fingerprint density at radius 2 is 1.97 bits per heavy atom. The first kappa shape index (κ1) is 29.0. The van der Waals surface area contributed by atoms with Crippen molar-refractivity contribution < 1.29 is 59.5 Å². The average molecular weight is 496 g/mol. The molecule has 34 heavy (non-hydrogen) atoms. The molecule has 2 heterocycles. The topological polar surface area (TPSA) is 222 Å². The van der Waals surface area contributed by atoms with Crippen LogP contribution in [0.1, 0.15) is 26.2 Å². The predicted molar refractivity (Wildman–Crippen MR) is 114 cm³/mol. The molecule has 0 bridgehead atoms. The number of carbonyl (C=O) groups is 1. The number of hydrogen-bond donors (Lipinski definition) is 8. The first-order valence-electron chi connectivity index (χ1n) is 11.2. The summed E-state index contributed by atoms with van der Waals surface area (Å²) in [5, 5.41) is 70.9. The van der Waals surface area contributed by atoms with Crippen LogP contribution in [-0.2, 0) is 23.7 Å². The molecular weight excluding hydrogens is 458 g/mol. The van der Waals surface area contributed by atoms with Crippen LogP contribution in [0.25, 0.3) is 0 Å². The van der Waals surface area contributed by atoms with E-state index >= 15 is 0 Å². The smallest absolute Gasteiger partial charge is 0.364 e. The summed E-state index contributed by atoms with van der Waals surface area (Å²) >= 11 is 0. The zero-order valence-electron chi connectivity index (χ0n) is 19.0. The second-order valence-corrected chi connectivity index (χ2v) is 8.64. The first-order valence-corrected chi connectivity index (χ1v) is 11.2. The molecule has 2 aliphatic heterocycles. The molecule has 2 fully saturated rings. The molecule has 13 heteroatoms. The number of aliphatic carboxylic acids is 1. The molecule has 2 rings (SSSR count). The van der Waals surface area contributed by atoms with Crippen molar-refractivity contribution in [3.05, 3.63) is 12.7 Å². The van der Waals surface area contributed by atoms with Crippen molar-refractivity contribution in [3.63, 3.8) is 0 Å². The molecular formula is C21H37NO12. The van der Waals surface area contributed by atoms with Gasteiger partial charge in [-0.3, -0.25) is 0 Å². The van der Waals surface area contributed by atoms with Crippen LogP contribution in [0.15, 0.2) is 12.7 Å². The number of carboxylic acid groups (broad SMARTS) is 1. The maximum Gasteiger partial charge on any atom is 0.364 e. The quantitative estimate of drug-likeness (QED) is 0.127. The fourth-order valence-corrected chi connectivity index (χ4v) is 4.25. The molecule has 0 aromatic carbocycles. The normalized spacial score (nSPS) is 40.5. The van der Waals surface area contributed by atoms with Crippen molar-refractivity contribution in [2.75, 3.05) is 19.8 Å². The van der Waals surface area contributed by atoms with E-state index in [1.165, 1.54) is 6.08 Å². The summed E-state index contributed by atoms with van der Waals surface area (Å²) in [4.78, 5) is 12.2. The first-order chi connectivity index (χ1) is 16.0. The lowest BCUT2D eigenvalue weighted by atomic mass is 9.81. The van der Waals surface area contributed by atoms with Gasteiger partial charge < -0.3 is 60.4 Å². The third kappa shape index (κ3) is 6.30. The lowest BCUT2D eigenvalue weighted by Crippen LogP contribution is -2.65. The van der Waals surface area contributed by atoms with Gasteiger partial charge in [0.2, 0.25) is 0 Å². The Morgan fingerprint density at radius 1 is 1.29 bits per heavy atom. The van der Waals surface area contributed by atoms with Gasteiger partial charge in [-0.15, -0.1) is 6.58 Å². The molecule has 0 aromatic heterocycles. The molecule has 9 N–H and O–H groups in total. The Balaban J connectivity index is 2.24. The number of rotatable bonds is 12. The fourth-order valence-electron chi connectivity index (χ4n) is 4.25. The summed E-state index contributed by atoms with van der Waals surface area (Å²) in [7, 11) is 0. The Labute approximate surface area is 197 Å². The van der Waals surface area contributed by atoms with Gasteiger partial charge in [0.1, 0.15) is 30.5 Å². The van der Waals surface area contributed by atoms with Crippen molar-refractivity contribution in [2.24, 2.45) is 11.7 Å². The maximum atomic E-state index is 12.2. The lowest BCUT2D eigenvalue weighted by Gasteiger charge is -2.47. The van der Waals surface area contributed by atoms with Crippen molar-refractivity contribution >= 4 is 5.97 Å². The minimum absolute atomic E-state index is 0.0364. The zero-order valence-corrected chi connectivity index (χ0v) is 19.0. The predicted octanol–water partition coefficient (Wildman–Crippen LogP) is -2.96. The van der Waals surface area contributed by atoms with Gasteiger partial charge in [0.15, 0.2) is 6.29 Å². The fraction of sp³-hybridized carbons (Fsp3) is 0.857. The Kier molecular flexibility index (Phi) is 10.8. The molecule has 13 nitrogen and oxygen atoms in total. The van der Waals surface area contributed by atoms with E-state index in [4.69, 9.17) is 24.7 Å². The maximum absolute atomic E-state index is 12.2. The van der Waals surface area contributed by atoms with Gasteiger partial charge in [-0.25, -0.2) is 4.79 Å². The largest absolute Gasteiger partial charge is 0.477 e. The van der Waals surface area contributed by atoms with E-state index in [2.05, 4.69) is 6.58 Å². The molecule has 0 amide bonds. The van der Waals surface area contributed by atoms with E-state index in [9.17, 15) is 40.5 Å². The van der Waals surface area contributed by atoms with Gasteiger partial charge in [0, 0.05) is 12.3 Å². The molecule has 2 aliphatic rings. The van der Waals surface area contributed by atoms with Crippen LogP contribution in [0.5, 0.6) is 0 Å². The molecule has 0 aromatic rings. The third-order valence-electron chi connectivity index (χ3n) is 6.19. The molecule has 2 saturated heterocycles. The van der Waals surface area contributed by atoms with Gasteiger partial charge >= 0.3 is 5.97 Å². The number of nitrogens with two attached hydrogens (primary N) is 1. The number of hydrogen-bond acceptors (Lipinski definition) is 12. The van der Waals surface area contributed by atoms with Crippen LogP contribution in [0.3, 0.4) is 0 Å². The highest BCUT2D eigenvalue weighted by atomic mass is 16.7. The summed E-state index contributed by atoms with van der Waals surface area (Å²) in [6, 6.07) is -1.10. The van der Waals surface area contributed by atoms with E-state index < -0.39 is 92.4 Å². The number of carboxylic acids is 1. The SMILES string of the molecule is C=CCO[C@H]1OC(CO[C@]2(C(=O)O)C[C@@H](O)[C@@H](CCC)C([C@H](O)[C@H](O)CO)O2)[C@H](O)[C@H](O)C1N. The number of aliphatic hydroxyl groups is 6. The second kappa shape index (κ2) is 12.6. The van der Waals surface area contributed by atoms with Crippen molar-refractivity contribution in [1.82, 2.24) is 0 Å². The minimum atomic E-state index is -2.48. The molecule has 0 radical (unpaired) electrons. The Hall–Kier alpha value is -1.23. The van der Waals surface area contributed by atoms with Crippen molar-refractivity contribution in [2.45, 2.75) is 87.0 Å². The summed E-state index contributed by atoms with van der Waals surface area (Å²) in [6.07, 6.45) is -9.69.